The molecule has 0 atom stereocenters. The van der Waals surface area contributed by atoms with Crippen molar-refractivity contribution in [1.82, 2.24) is 0 Å². The van der Waals surface area contributed by atoms with Crippen molar-refractivity contribution >= 4 is 41.8 Å². The van der Waals surface area contributed by atoms with Crippen molar-refractivity contribution in [3.8, 4) is 46.0 Å². The van der Waals surface area contributed by atoms with E-state index in [2.05, 4.69) is 0 Å². The fourth-order valence-electron chi connectivity index (χ4n) is 5.81. The van der Waals surface area contributed by atoms with Crippen molar-refractivity contribution in [1.29, 1.82) is 0 Å². The average molecular weight is 891 g/mol. The summed E-state index contributed by atoms with van der Waals surface area (Å²) in [5.41, 5.74) is 0.380. The lowest BCUT2D eigenvalue weighted by molar-refractivity contribution is -0.136. The van der Waals surface area contributed by atoms with Crippen molar-refractivity contribution in [3.05, 3.63) is 132 Å². The summed E-state index contributed by atoms with van der Waals surface area (Å²) in [4.78, 5) is 86.6. The predicted molar refractivity (Wildman–Crippen MR) is 231 cm³/mol. The molecule has 338 valence electrons. The molecule has 16 nitrogen and oxygen atoms in total. The normalized spacial score (nSPS) is 10.5. The second-order valence-corrected chi connectivity index (χ2v) is 13.9. The number of carbonyl (C=O) groups excluding carboxylic acids is 6. The number of carbonyl (C=O) groups is 7. The van der Waals surface area contributed by atoms with Crippen LogP contribution in [0.3, 0.4) is 0 Å². The number of ether oxygens (including phenoxy) is 8. The quantitative estimate of drug-likeness (QED) is 0.0369. The van der Waals surface area contributed by atoms with Crippen LogP contribution >= 0.6 is 0 Å². The smallest absolute Gasteiger partial charge is 0.343 e. The summed E-state index contributed by atoms with van der Waals surface area (Å²) in [5.74, 6) is -3.10. The summed E-state index contributed by atoms with van der Waals surface area (Å²) in [6.07, 6.45) is 0.803. The van der Waals surface area contributed by atoms with Crippen LogP contribution in [0.4, 0.5) is 0 Å². The molecule has 65 heavy (non-hydrogen) atoms. The monoisotopic (exact) mass is 890 g/mol. The van der Waals surface area contributed by atoms with Crippen LogP contribution in [0.25, 0.3) is 0 Å². The molecule has 0 spiro atoms. The fourth-order valence-corrected chi connectivity index (χ4v) is 5.81. The fraction of sp³-hybridized carbons (Fsp3) is 0.245. The third-order valence-electron chi connectivity index (χ3n) is 8.95. The van der Waals surface area contributed by atoms with Crippen molar-refractivity contribution < 1.29 is 76.6 Å². The molecule has 0 aliphatic carbocycles. The van der Waals surface area contributed by atoms with Gasteiger partial charge in [-0.05, 0) is 149 Å². The van der Waals surface area contributed by atoms with Gasteiger partial charge in [0.05, 0.1) is 29.9 Å². The van der Waals surface area contributed by atoms with E-state index >= 15 is 0 Å². The molecule has 0 amide bonds. The number of carboxylic acid groups (broad SMARTS) is 1. The highest BCUT2D eigenvalue weighted by Crippen LogP contribution is 2.26. The number of rotatable bonds is 23. The van der Waals surface area contributed by atoms with Gasteiger partial charge in [-0.3, -0.25) is 19.2 Å². The topological polar surface area (TPSA) is 214 Å². The number of unbranched alkanes of at least 4 members (excludes halogenated alkanes) is 2. The largest absolute Gasteiger partial charge is 0.494 e. The number of benzene rings is 5. The van der Waals surface area contributed by atoms with Gasteiger partial charge >= 0.3 is 41.8 Å². The zero-order valence-corrected chi connectivity index (χ0v) is 35.6. The Kier molecular flexibility index (Phi) is 18.2. The molecule has 5 rings (SSSR count). The number of hydrogen-bond acceptors (Lipinski definition) is 15. The first kappa shape index (κ1) is 48.0. The number of hydrogen-bond donors (Lipinski definition) is 1. The van der Waals surface area contributed by atoms with Crippen LogP contribution in [0.2, 0.25) is 0 Å². The van der Waals surface area contributed by atoms with Crippen molar-refractivity contribution in [2.75, 3.05) is 13.2 Å². The van der Waals surface area contributed by atoms with E-state index in [1.54, 1.807) is 48.5 Å². The molecule has 1 N–H and O–H groups in total. The maximum Gasteiger partial charge on any atom is 0.343 e. The molecule has 0 unspecified atom stereocenters. The Labute approximate surface area is 373 Å². The standard InChI is InChI=1S/C49H46O16/c1-3-58-35-17-13-32(14-18-35)48(56)64-39-25-21-37(22-26-39)60-43(50)9-5-7-11-45(52)62-41-29-34(47(54)55)30-42(31-41)63-46(53)12-8-6-10-44(51)61-38-23-27-40(28-24-38)65-49(57)33-15-19-36(20-16-33)59-4-2/h13-31H,3-12H2,1-2H3,(H,54,55). The summed E-state index contributed by atoms with van der Waals surface area (Å²) in [5, 5.41) is 9.57. The highest BCUT2D eigenvalue weighted by molar-refractivity contribution is 5.92. The first-order valence-corrected chi connectivity index (χ1v) is 20.7. The second-order valence-electron chi connectivity index (χ2n) is 13.9. The molecular formula is C49H46O16. The summed E-state index contributed by atoms with van der Waals surface area (Å²) in [6, 6.07) is 28.3. The highest BCUT2D eigenvalue weighted by Gasteiger charge is 2.16. The van der Waals surface area contributed by atoms with Gasteiger partial charge in [-0.1, -0.05) is 0 Å². The zero-order valence-electron chi connectivity index (χ0n) is 35.6. The van der Waals surface area contributed by atoms with Gasteiger partial charge in [-0.2, -0.15) is 0 Å². The zero-order chi connectivity index (χ0) is 46.6. The Hall–Kier alpha value is -8.01. The van der Waals surface area contributed by atoms with Gasteiger partial charge in [0.25, 0.3) is 0 Å². The van der Waals surface area contributed by atoms with Crippen LogP contribution < -0.4 is 37.9 Å². The van der Waals surface area contributed by atoms with Crippen molar-refractivity contribution in [2.45, 2.75) is 65.2 Å². The molecule has 16 heteroatoms. The molecule has 5 aromatic carbocycles. The van der Waals surface area contributed by atoms with E-state index in [0.717, 1.165) is 12.1 Å². The van der Waals surface area contributed by atoms with E-state index in [-0.39, 0.29) is 91.4 Å². The van der Waals surface area contributed by atoms with E-state index in [1.165, 1.54) is 54.6 Å². The van der Waals surface area contributed by atoms with E-state index in [9.17, 15) is 38.7 Å². The third kappa shape index (κ3) is 16.3. The minimum absolute atomic E-state index is 0.0154. The van der Waals surface area contributed by atoms with E-state index < -0.39 is 41.8 Å². The number of aromatic carboxylic acids is 1. The maximum atomic E-state index is 12.6. The van der Waals surface area contributed by atoms with Crippen LogP contribution in [0.1, 0.15) is 96.3 Å². The highest BCUT2D eigenvalue weighted by atomic mass is 16.6. The lowest BCUT2D eigenvalue weighted by Crippen LogP contribution is -2.12. The predicted octanol–water partition coefficient (Wildman–Crippen LogP) is 8.76. The van der Waals surface area contributed by atoms with Gasteiger partial charge in [0.15, 0.2) is 0 Å². The Morgan fingerprint density at radius 3 is 0.923 bits per heavy atom. The molecule has 0 aliphatic heterocycles. The first-order valence-electron chi connectivity index (χ1n) is 20.7. The van der Waals surface area contributed by atoms with E-state index in [4.69, 9.17) is 37.9 Å². The lowest BCUT2D eigenvalue weighted by atomic mass is 10.2. The Morgan fingerprint density at radius 2 is 0.631 bits per heavy atom. The van der Waals surface area contributed by atoms with Crippen LogP contribution in [0, 0.1) is 0 Å². The maximum absolute atomic E-state index is 12.6. The van der Waals surface area contributed by atoms with Gasteiger partial charge < -0.3 is 43.0 Å². The Morgan fingerprint density at radius 1 is 0.354 bits per heavy atom. The molecule has 0 aliphatic rings. The van der Waals surface area contributed by atoms with Crippen LogP contribution in [-0.4, -0.2) is 60.1 Å². The van der Waals surface area contributed by atoms with Crippen LogP contribution in [0.15, 0.2) is 115 Å². The summed E-state index contributed by atoms with van der Waals surface area (Å²) in [7, 11) is 0. The van der Waals surface area contributed by atoms with E-state index in [0.29, 0.717) is 35.8 Å². The minimum Gasteiger partial charge on any atom is -0.494 e. The second kappa shape index (κ2) is 24.6. The Balaban J connectivity index is 0.969. The molecule has 0 fully saturated rings. The molecule has 0 heterocycles. The summed E-state index contributed by atoms with van der Waals surface area (Å²) in [6.45, 7) is 4.71. The average Bonchev–Trinajstić information content (AvgIpc) is 3.28. The molecule has 5 aromatic rings. The molecule has 0 aromatic heterocycles. The van der Waals surface area contributed by atoms with Crippen molar-refractivity contribution in [3.63, 3.8) is 0 Å². The lowest BCUT2D eigenvalue weighted by Gasteiger charge is -2.10. The van der Waals surface area contributed by atoms with Crippen LogP contribution in [0.5, 0.6) is 46.0 Å². The first-order chi connectivity index (χ1) is 31.4. The van der Waals surface area contributed by atoms with Gasteiger partial charge in [0.2, 0.25) is 0 Å². The molecule has 0 saturated heterocycles. The SMILES string of the molecule is CCOc1ccc(C(=O)Oc2ccc(OC(=O)CCCCC(=O)Oc3cc(OC(=O)CCCCC(=O)Oc4ccc(OC(=O)c5ccc(OCC)cc5)cc4)cc(C(=O)O)c3)cc2)cc1. The molecule has 0 saturated carbocycles. The molecule has 0 radical (unpaired) electrons. The summed E-state index contributed by atoms with van der Waals surface area (Å²) < 4.78 is 42.8. The minimum atomic E-state index is -1.35. The molecule has 0 bridgehead atoms. The number of carboxylic acids is 1. The van der Waals surface area contributed by atoms with Gasteiger partial charge in [-0.25, -0.2) is 14.4 Å². The third-order valence-corrected chi connectivity index (χ3v) is 8.95. The van der Waals surface area contributed by atoms with Gasteiger partial charge in [0, 0.05) is 31.7 Å². The van der Waals surface area contributed by atoms with E-state index in [1.807, 2.05) is 13.8 Å². The van der Waals surface area contributed by atoms with Gasteiger partial charge in [-0.15, -0.1) is 0 Å². The summed E-state index contributed by atoms with van der Waals surface area (Å²) >= 11 is 0. The molecular weight excluding hydrogens is 845 g/mol. The van der Waals surface area contributed by atoms with Crippen molar-refractivity contribution in [2.24, 2.45) is 0 Å². The Bertz CT molecular complexity index is 2260. The van der Waals surface area contributed by atoms with Crippen LogP contribution in [-0.2, 0) is 19.2 Å². The van der Waals surface area contributed by atoms with Gasteiger partial charge in [0.1, 0.15) is 46.0 Å². The number of esters is 6.